The highest BCUT2D eigenvalue weighted by atomic mass is 16.2. The van der Waals surface area contributed by atoms with Crippen molar-refractivity contribution in [3.63, 3.8) is 0 Å². The van der Waals surface area contributed by atoms with E-state index >= 15 is 0 Å². The number of carbonyl (C=O) groups excluding carboxylic acids is 2. The number of nitrogens with zero attached hydrogens (tertiary/aromatic N) is 4. The average Bonchev–Trinajstić information content (AvgIpc) is 3.03. The number of para-hydroxylation sites is 2. The molecule has 8 nitrogen and oxygen atoms in total. The first-order chi connectivity index (χ1) is 12.1. The lowest BCUT2D eigenvalue weighted by molar-refractivity contribution is -0.136. The van der Waals surface area contributed by atoms with E-state index in [0.717, 1.165) is 5.69 Å². The third-order valence-corrected chi connectivity index (χ3v) is 3.63. The van der Waals surface area contributed by atoms with Crippen LogP contribution in [0.25, 0.3) is 5.65 Å². The van der Waals surface area contributed by atoms with Crippen molar-refractivity contribution in [2.24, 2.45) is 0 Å². The average molecular weight is 338 g/mol. The van der Waals surface area contributed by atoms with E-state index in [1.807, 2.05) is 49.3 Å². The summed E-state index contributed by atoms with van der Waals surface area (Å²) in [5, 5.41) is 13.2. The molecular formula is C17H18N6O2. The van der Waals surface area contributed by atoms with Crippen LogP contribution in [0.1, 0.15) is 5.82 Å². The molecule has 128 valence electrons. The van der Waals surface area contributed by atoms with Crippen molar-refractivity contribution >= 4 is 28.8 Å². The van der Waals surface area contributed by atoms with Crippen molar-refractivity contribution in [2.75, 3.05) is 24.3 Å². The minimum Gasteiger partial charge on any atom is -0.376 e. The number of anilines is 2. The molecule has 8 heteroatoms. The van der Waals surface area contributed by atoms with Gasteiger partial charge in [-0.1, -0.05) is 18.2 Å². The van der Waals surface area contributed by atoms with E-state index in [9.17, 15) is 9.59 Å². The molecule has 0 unspecified atom stereocenters. The lowest BCUT2D eigenvalue weighted by atomic mass is 10.2. The van der Waals surface area contributed by atoms with Gasteiger partial charge in [0.2, 0.25) is 0 Å². The Bertz CT molecular complexity index is 918. The summed E-state index contributed by atoms with van der Waals surface area (Å²) < 4.78 is 1.75. The van der Waals surface area contributed by atoms with E-state index in [0.29, 0.717) is 17.2 Å². The molecule has 2 heterocycles. The molecule has 0 spiro atoms. The van der Waals surface area contributed by atoms with Crippen molar-refractivity contribution < 1.29 is 9.59 Å². The second kappa shape index (κ2) is 7.00. The fraction of sp³-hybridized carbons (Fsp3) is 0.176. The maximum absolute atomic E-state index is 12.1. The molecule has 0 aliphatic carbocycles. The van der Waals surface area contributed by atoms with E-state index in [4.69, 9.17) is 0 Å². The van der Waals surface area contributed by atoms with E-state index < -0.39 is 11.8 Å². The van der Waals surface area contributed by atoms with Crippen LogP contribution in [0, 0.1) is 0 Å². The Morgan fingerprint density at radius 2 is 1.80 bits per heavy atom. The Hall–Kier alpha value is -3.42. The van der Waals surface area contributed by atoms with Gasteiger partial charge in [0.15, 0.2) is 11.5 Å². The van der Waals surface area contributed by atoms with Crippen molar-refractivity contribution in [3.05, 3.63) is 54.5 Å². The number of benzene rings is 1. The van der Waals surface area contributed by atoms with Crippen LogP contribution in [0.4, 0.5) is 11.4 Å². The van der Waals surface area contributed by atoms with E-state index in [1.165, 1.54) is 0 Å². The topological polar surface area (TPSA) is 91.6 Å². The number of hydrogen-bond donors (Lipinski definition) is 2. The smallest absolute Gasteiger partial charge is 0.313 e. The summed E-state index contributed by atoms with van der Waals surface area (Å²) >= 11 is 0. The van der Waals surface area contributed by atoms with Gasteiger partial charge < -0.3 is 15.5 Å². The van der Waals surface area contributed by atoms with E-state index in [1.54, 1.807) is 22.7 Å². The second-order valence-corrected chi connectivity index (χ2v) is 5.59. The fourth-order valence-electron chi connectivity index (χ4n) is 2.40. The first-order valence-electron chi connectivity index (χ1n) is 7.70. The van der Waals surface area contributed by atoms with Crippen LogP contribution in [0.15, 0.2) is 48.7 Å². The molecule has 3 aromatic rings. The Morgan fingerprint density at radius 3 is 2.60 bits per heavy atom. The number of amides is 2. The van der Waals surface area contributed by atoms with Gasteiger partial charge in [-0.05, 0) is 24.3 Å². The van der Waals surface area contributed by atoms with Gasteiger partial charge >= 0.3 is 11.8 Å². The molecule has 2 N–H and O–H groups in total. The number of fused-ring (bicyclic) bond motifs is 1. The number of carbonyl (C=O) groups is 2. The Kier molecular flexibility index (Phi) is 4.60. The summed E-state index contributed by atoms with van der Waals surface area (Å²) in [6, 6.07) is 12.8. The summed E-state index contributed by atoms with van der Waals surface area (Å²) in [7, 11) is 3.73. The Morgan fingerprint density at radius 1 is 1.04 bits per heavy atom. The van der Waals surface area contributed by atoms with E-state index in [2.05, 4.69) is 20.8 Å². The molecule has 0 saturated heterocycles. The number of rotatable bonds is 4. The molecule has 0 fully saturated rings. The SMILES string of the molecule is CN(C)c1ccccc1NC(=O)C(=O)NCc1nnc2ccccn12. The lowest BCUT2D eigenvalue weighted by Crippen LogP contribution is -2.35. The molecule has 3 rings (SSSR count). The zero-order valence-electron chi connectivity index (χ0n) is 13.9. The van der Waals surface area contributed by atoms with Crippen molar-refractivity contribution in [1.82, 2.24) is 19.9 Å². The van der Waals surface area contributed by atoms with Gasteiger partial charge in [0.05, 0.1) is 17.9 Å². The number of pyridine rings is 1. The van der Waals surface area contributed by atoms with Crippen LogP contribution in [-0.4, -0.2) is 40.5 Å². The molecule has 2 aromatic heterocycles. The summed E-state index contributed by atoms with van der Waals surface area (Å²) in [6.45, 7) is 0.104. The van der Waals surface area contributed by atoms with Crippen LogP contribution in [0.5, 0.6) is 0 Å². The molecule has 0 atom stereocenters. The van der Waals surface area contributed by atoms with Gasteiger partial charge in [0.1, 0.15) is 0 Å². The van der Waals surface area contributed by atoms with Crippen LogP contribution < -0.4 is 15.5 Å². The third-order valence-electron chi connectivity index (χ3n) is 3.63. The summed E-state index contributed by atoms with van der Waals surface area (Å²) in [5.41, 5.74) is 2.06. The molecule has 0 radical (unpaired) electrons. The quantitative estimate of drug-likeness (QED) is 0.694. The van der Waals surface area contributed by atoms with Crippen LogP contribution in [-0.2, 0) is 16.1 Å². The fourth-order valence-corrected chi connectivity index (χ4v) is 2.40. The highest BCUT2D eigenvalue weighted by molar-refractivity contribution is 6.39. The van der Waals surface area contributed by atoms with Crippen LogP contribution >= 0.6 is 0 Å². The molecule has 1 aromatic carbocycles. The van der Waals surface area contributed by atoms with Gasteiger partial charge in [-0.3, -0.25) is 14.0 Å². The van der Waals surface area contributed by atoms with Gasteiger partial charge in [-0.15, -0.1) is 10.2 Å². The predicted molar refractivity (Wildman–Crippen MR) is 94.2 cm³/mol. The maximum atomic E-state index is 12.1. The monoisotopic (exact) mass is 338 g/mol. The standard InChI is InChI=1S/C17H18N6O2/c1-22(2)13-8-4-3-7-12(13)19-17(25)16(24)18-11-15-21-20-14-9-5-6-10-23(14)15/h3-10H,11H2,1-2H3,(H,18,24)(H,19,25). The summed E-state index contributed by atoms with van der Waals surface area (Å²) in [6.07, 6.45) is 1.80. The third kappa shape index (κ3) is 3.57. The van der Waals surface area contributed by atoms with Crippen LogP contribution in [0.2, 0.25) is 0 Å². The van der Waals surface area contributed by atoms with Gasteiger partial charge in [0.25, 0.3) is 0 Å². The highest BCUT2D eigenvalue weighted by Gasteiger charge is 2.16. The van der Waals surface area contributed by atoms with E-state index in [-0.39, 0.29) is 6.54 Å². The van der Waals surface area contributed by atoms with Gasteiger partial charge in [-0.2, -0.15) is 0 Å². The zero-order valence-corrected chi connectivity index (χ0v) is 13.9. The summed E-state index contributed by atoms with van der Waals surface area (Å²) in [5.74, 6) is -0.921. The molecule has 0 aliphatic heterocycles. The zero-order chi connectivity index (χ0) is 17.8. The Labute approximate surface area is 144 Å². The largest absolute Gasteiger partial charge is 0.376 e. The minimum atomic E-state index is -0.735. The molecular weight excluding hydrogens is 320 g/mol. The minimum absolute atomic E-state index is 0.104. The van der Waals surface area contributed by atoms with Crippen LogP contribution in [0.3, 0.4) is 0 Å². The van der Waals surface area contributed by atoms with Gasteiger partial charge in [-0.25, -0.2) is 0 Å². The number of hydrogen-bond acceptors (Lipinski definition) is 5. The van der Waals surface area contributed by atoms with Crippen molar-refractivity contribution in [3.8, 4) is 0 Å². The normalized spacial score (nSPS) is 10.5. The first-order valence-corrected chi connectivity index (χ1v) is 7.70. The second-order valence-electron chi connectivity index (χ2n) is 5.59. The molecule has 0 bridgehead atoms. The molecule has 0 saturated carbocycles. The molecule has 2 amide bonds. The predicted octanol–water partition coefficient (Wildman–Crippen LogP) is 1.05. The summed E-state index contributed by atoms with van der Waals surface area (Å²) in [4.78, 5) is 26.0. The van der Waals surface area contributed by atoms with Crippen molar-refractivity contribution in [1.29, 1.82) is 0 Å². The van der Waals surface area contributed by atoms with Crippen molar-refractivity contribution in [2.45, 2.75) is 6.54 Å². The molecule has 25 heavy (non-hydrogen) atoms. The Balaban J connectivity index is 1.65. The highest BCUT2D eigenvalue weighted by Crippen LogP contribution is 2.23. The number of nitrogens with one attached hydrogen (secondary N) is 2. The molecule has 0 aliphatic rings. The number of aromatic nitrogens is 3. The first kappa shape index (κ1) is 16.4. The maximum Gasteiger partial charge on any atom is 0.313 e. The van der Waals surface area contributed by atoms with Gasteiger partial charge in [0, 0.05) is 20.3 Å². The lowest BCUT2D eigenvalue weighted by Gasteiger charge is -2.17.